The first-order valence-corrected chi connectivity index (χ1v) is 12.2. The zero-order valence-corrected chi connectivity index (χ0v) is 22.4. The van der Waals surface area contributed by atoms with Crippen LogP contribution >= 0.6 is 22.6 Å². The highest BCUT2D eigenvalue weighted by Crippen LogP contribution is 2.38. The number of ether oxygens (including phenoxy) is 1. The Morgan fingerprint density at radius 1 is 1.06 bits per heavy atom. The van der Waals surface area contributed by atoms with Crippen LogP contribution in [0, 0.1) is 21.3 Å². The SMILES string of the molecule is C#CCNc1ccc(C(=N)N)cc1N(C(=O)OC(C)(C)C)c1cc(I)ccc1C(=O)c1ccccc1. The lowest BCUT2D eigenvalue weighted by molar-refractivity contribution is 0.0599. The van der Waals surface area contributed by atoms with E-state index in [1.165, 1.54) is 4.90 Å². The van der Waals surface area contributed by atoms with E-state index < -0.39 is 11.7 Å². The van der Waals surface area contributed by atoms with Crippen LogP contribution in [0.4, 0.5) is 21.9 Å². The number of rotatable bonds is 7. The fraction of sp³-hybridized carbons (Fsp3) is 0.179. The summed E-state index contributed by atoms with van der Waals surface area (Å²) in [4.78, 5) is 28.6. The lowest BCUT2D eigenvalue weighted by Crippen LogP contribution is -2.35. The van der Waals surface area contributed by atoms with Crippen molar-refractivity contribution >= 4 is 57.4 Å². The second kappa shape index (κ2) is 11.3. The first-order valence-electron chi connectivity index (χ1n) is 11.1. The zero-order valence-electron chi connectivity index (χ0n) is 20.3. The highest BCUT2D eigenvalue weighted by Gasteiger charge is 2.30. The summed E-state index contributed by atoms with van der Waals surface area (Å²) in [6.07, 6.45) is 4.77. The molecule has 3 aromatic rings. The molecule has 0 spiro atoms. The lowest BCUT2D eigenvalue weighted by Gasteiger charge is -2.30. The molecule has 4 N–H and O–H groups in total. The molecule has 184 valence electrons. The van der Waals surface area contributed by atoms with Crippen LogP contribution in [-0.2, 0) is 4.74 Å². The Kier molecular flexibility index (Phi) is 8.37. The van der Waals surface area contributed by atoms with Gasteiger partial charge in [-0.1, -0.05) is 36.3 Å². The molecule has 3 aromatic carbocycles. The van der Waals surface area contributed by atoms with Gasteiger partial charge in [0.2, 0.25) is 0 Å². The van der Waals surface area contributed by atoms with Crippen molar-refractivity contribution in [3.05, 3.63) is 87.0 Å². The van der Waals surface area contributed by atoms with E-state index in [1.807, 2.05) is 6.07 Å². The molecule has 0 saturated heterocycles. The van der Waals surface area contributed by atoms with Crippen LogP contribution in [0.1, 0.15) is 42.3 Å². The van der Waals surface area contributed by atoms with Crippen LogP contribution in [-0.4, -0.2) is 29.9 Å². The second-order valence-electron chi connectivity index (χ2n) is 8.88. The lowest BCUT2D eigenvalue weighted by atomic mass is 10.0. The number of halogens is 1. The van der Waals surface area contributed by atoms with E-state index in [0.29, 0.717) is 33.8 Å². The van der Waals surface area contributed by atoms with E-state index in [9.17, 15) is 9.59 Å². The third-order valence-corrected chi connectivity index (χ3v) is 5.66. The van der Waals surface area contributed by atoms with Gasteiger partial charge in [-0.3, -0.25) is 10.2 Å². The van der Waals surface area contributed by atoms with Gasteiger partial charge in [0.25, 0.3) is 0 Å². The molecule has 0 aliphatic heterocycles. The number of nitrogens with two attached hydrogens (primary N) is 1. The van der Waals surface area contributed by atoms with E-state index in [2.05, 4.69) is 33.8 Å². The van der Waals surface area contributed by atoms with Gasteiger partial charge in [0, 0.05) is 20.3 Å². The third kappa shape index (κ3) is 6.43. The van der Waals surface area contributed by atoms with E-state index >= 15 is 0 Å². The summed E-state index contributed by atoms with van der Waals surface area (Å²) in [5.41, 5.74) is 7.32. The van der Waals surface area contributed by atoms with Gasteiger partial charge in [-0.2, -0.15) is 0 Å². The number of amidine groups is 1. The molecule has 0 fully saturated rings. The minimum absolute atomic E-state index is 0.174. The average Bonchev–Trinajstić information content (AvgIpc) is 2.82. The third-order valence-electron chi connectivity index (χ3n) is 4.99. The number of nitrogens with zero attached hydrogens (tertiary/aromatic N) is 1. The minimum Gasteiger partial charge on any atom is -0.443 e. The number of anilines is 3. The van der Waals surface area contributed by atoms with Crippen molar-refractivity contribution in [2.75, 3.05) is 16.8 Å². The fourth-order valence-corrected chi connectivity index (χ4v) is 3.92. The highest BCUT2D eigenvalue weighted by molar-refractivity contribution is 14.1. The highest BCUT2D eigenvalue weighted by atomic mass is 127. The van der Waals surface area contributed by atoms with Gasteiger partial charge in [0.1, 0.15) is 11.4 Å². The fourth-order valence-electron chi connectivity index (χ4n) is 3.44. The van der Waals surface area contributed by atoms with Gasteiger partial charge in [0.15, 0.2) is 5.78 Å². The van der Waals surface area contributed by atoms with Crippen LogP contribution in [0.2, 0.25) is 0 Å². The number of carbonyl (C=O) groups is 2. The van der Waals surface area contributed by atoms with Crippen molar-refractivity contribution in [1.82, 2.24) is 0 Å². The predicted octanol–water partition coefficient (Wildman–Crippen LogP) is 5.92. The van der Waals surface area contributed by atoms with Crippen molar-refractivity contribution in [2.24, 2.45) is 5.73 Å². The number of hydrogen-bond donors (Lipinski definition) is 3. The van der Waals surface area contributed by atoms with Gasteiger partial charge in [-0.15, -0.1) is 6.42 Å². The Morgan fingerprint density at radius 2 is 1.75 bits per heavy atom. The molecular formula is C28H27IN4O3. The summed E-state index contributed by atoms with van der Waals surface area (Å²) in [7, 11) is 0. The molecule has 8 heteroatoms. The normalized spacial score (nSPS) is 10.8. The number of terminal acetylenes is 1. The first-order chi connectivity index (χ1) is 17.0. The number of hydrogen-bond acceptors (Lipinski definition) is 5. The molecular weight excluding hydrogens is 567 g/mol. The second-order valence-corrected chi connectivity index (χ2v) is 10.1. The minimum atomic E-state index is -0.814. The van der Waals surface area contributed by atoms with Crippen LogP contribution in [0.3, 0.4) is 0 Å². The van der Waals surface area contributed by atoms with Crippen LogP contribution in [0.5, 0.6) is 0 Å². The number of carbonyl (C=O) groups excluding carboxylic acids is 2. The maximum atomic E-state index is 13.7. The van der Waals surface area contributed by atoms with E-state index in [4.69, 9.17) is 22.3 Å². The number of amides is 1. The monoisotopic (exact) mass is 594 g/mol. The Bertz CT molecular complexity index is 1340. The first kappa shape index (κ1) is 26.8. The maximum Gasteiger partial charge on any atom is 0.419 e. The van der Waals surface area contributed by atoms with E-state index in [0.717, 1.165) is 3.57 Å². The molecule has 0 saturated carbocycles. The summed E-state index contributed by atoms with van der Waals surface area (Å²) in [6, 6.07) is 19.0. The topological polar surface area (TPSA) is 109 Å². The number of nitrogens with one attached hydrogen (secondary N) is 2. The number of nitrogen functional groups attached to an aromatic ring is 1. The summed E-state index contributed by atoms with van der Waals surface area (Å²) in [6.45, 7) is 5.47. The Morgan fingerprint density at radius 3 is 2.36 bits per heavy atom. The number of benzene rings is 3. The van der Waals surface area contributed by atoms with Crippen molar-refractivity contribution in [2.45, 2.75) is 26.4 Å². The van der Waals surface area contributed by atoms with Gasteiger partial charge in [-0.25, -0.2) is 9.69 Å². The molecule has 0 unspecified atom stereocenters. The van der Waals surface area contributed by atoms with Gasteiger partial charge < -0.3 is 15.8 Å². The molecule has 0 atom stereocenters. The van der Waals surface area contributed by atoms with Gasteiger partial charge in [-0.05, 0) is 79.8 Å². The average molecular weight is 594 g/mol. The van der Waals surface area contributed by atoms with Crippen LogP contribution in [0.15, 0.2) is 66.7 Å². The molecule has 36 heavy (non-hydrogen) atoms. The quantitative estimate of drug-likeness (QED) is 0.103. The Labute approximate surface area is 224 Å². The molecule has 0 aliphatic rings. The zero-order chi connectivity index (χ0) is 26.5. The molecule has 0 heterocycles. The molecule has 0 aromatic heterocycles. The largest absolute Gasteiger partial charge is 0.443 e. The van der Waals surface area contributed by atoms with E-state index in [1.54, 1.807) is 81.4 Å². The molecule has 0 bridgehead atoms. The summed E-state index contributed by atoms with van der Waals surface area (Å²) in [5, 5.41) is 11.0. The van der Waals surface area contributed by atoms with Crippen LogP contribution < -0.4 is 16.0 Å². The predicted molar refractivity (Wildman–Crippen MR) is 152 cm³/mol. The van der Waals surface area contributed by atoms with Gasteiger partial charge in [0.05, 0.1) is 23.6 Å². The smallest absolute Gasteiger partial charge is 0.419 e. The molecule has 1 amide bonds. The molecule has 0 aliphatic carbocycles. The van der Waals surface area contributed by atoms with Gasteiger partial charge >= 0.3 is 6.09 Å². The molecule has 3 rings (SSSR count). The van der Waals surface area contributed by atoms with Crippen molar-refractivity contribution in [3.8, 4) is 12.3 Å². The molecule has 7 nitrogen and oxygen atoms in total. The molecule has 0 radical (unpaired) electrons. The van der Waals surface area contributed by atoms with Crippen LogP contribution in [0.25, 0.3) is 0 Å². The standard InChI is InChI=1S/C28H27IN4O3/c1-5-15-32-22-14-11-19(26(30)31)16-24(22)33(27(35)36-28(2,3)4)23-17-20(29)12-13-21(23)25(34)18-9-7-6-8-10-18/h1,6-14,16-17,32H,15H2,2-4H3,(H3,30,31). The number of ketones is 1. The van der Waals surface area contributed by atoms with Crippen molar-refractivity contribution in [3.63, 3.8) is 0 Å². The van der Waals surface area contributed by atoms with Crippen molar-refractivity contribution < 1.29 is 14.3 Å². The Balaban J connectivity index is 2.32. The summed E-state index contributed by atoms with van der Waals surface area (Å²) >= 11 is 2.13. The Hall–Kier alpha value is -3.84. The summed E-state index contributed by atoms with van der Waals surface area (Å²) < 4.78 is 6.58. The summed E-state index contributed by atoms with van der Waals surface area (Å²) in [5.74, 6) is 2.09. The van der Waals surface area contributed by atoms with Crippen molar-refractivity contribution in [1.29, 1.82) is 5.41 Å². The van der Waals surface area contributed by atoms with E-state index in [-0.39, 0.29) is 18.2 Å². The maximum absolute atomic E-state index is 13.7.